The van der Waals surface area contributed by atoms with Gasteiger partial charge < -0.3 is 9.63 Å². The molecule has 0 bridgehead atoms. The van der Waals surface area contributed by atoms with E-state index in [0.717, 1.165) is 64.6 Å². The van der Waals surface area contributed by atoms with E-state index in [1.54, 1.807) is 0 Å². The second-order valence-electron chi connectivity index (χ2n) is 8.21. The first-order valence-corrected chi connectivity index (χ1v) is 14.1. The molecule has 2 unspecified atom stereocenters. The minimum absolute atomic E-state index is 0.316. The van der Waals surface area contributed by atoms with E-state index in [1.165, 1.54) is 25.7 Å². The van der Waals surface area contributed by atoms with Crippen LogP contribution in [0.1, 0.15) is 119 Å². The molecule has 0 rings (SSSR count). The second-order valence-corrected chi connectivity index (χ2v) is 9.67. The Labute approximate surface area is 188 Å². The third-order valence-corrected chi connectivity index (χ3v) is 6.27. The van der Waals surface area contributed by atoms with Crippen LogP contribution < -0.4 is 0 Å². The summed E-state index contributed by atoms with van der Waals surface area (Å²) in [4.78, 5) is 9.77. The molecular weight excluding hydrogens is 399 g/mol. The fraction of sp³-hybridized carbons (Fsp3) is 1.00. The van der Waals surface area contributed by atoms with Gasteiger partial charge in [-0.15, -0.1) is 0 Å². The molecule has 0 aromatic carbocycles. The standard InChI is InChI=1S/C16H35O4P.C8H18O/c1-5-9-11-15(7-3)13-19-21(17,18)20-14-16(8-4)12-10-6-2;1-3-5-7-9-8-6-4-2/h15-16H,5-14H2,1-4H3,(H,17,18);3-8H2,1-2H3. The topological polar surface area (TPSA) is 65.0 Å². The fourth-order valence-corrected chi connectivity index (χ4v) is 3.70. The third-order valence-electron chi connectivity index (χ3n) is 5.32. The maximum absolute atomic E-state index is 11.9. The van der Waals surface area contributed by atoms with Crippen molar-refractivity contribution >= 4 is 7.82 Å². The highest BCUT2D eigenvalue weighted by Crippen LogP contribution is 2.44. The molecule has 5 nitrogen and oxygen atoms in total. The normalized spacial score (nSPS) is 15.2. The Morgan fingerprint density at radius 2 is 1.03 bits per heavy atom. The quantitative estimate of drug-likeness (QED) is 0.149. The average Bonchev–Trinajstić information content (AvgIpc) is 2.74. The number of phosphoric ester groups is 1. The molecular formula is C24H53O5P. The van der Waals surface area contributed by atoms with Crippen LogP contribution in [0.4, 0.5) is 0 Å². The Bertz CT molecular complexity index is 349. The Morgan fingerprint density at radius 3 is 1.33 bits per heavy atom. The van der Waals surface area contributed by atoms with Gasteiger partial charge in [0, 0.05) is 13.2 Å². The van der Waals surface area contributed by atoms with Crippen molar-refractivity contribution in [1.29, 1.82) is 0 Å². The summed E-state index contributed by atoms with van der Waals surface area (Å²) in [7, 11) is -3.89. The van der Waals surface area contributed by atoms with Gasteiger partial charge >= 0.3 is 7.82 Å². The smallest absolute Gasteiger partial charge is 0.381 e. The zero-order valence-corrected chi connectivity index (χ0v) is 21.9. The zero-order chi connectivity index (χ0) is 23.1. The van der Waals surface area contributed by atoms with Crippen LogP contribution in [0.5, 0.6) is 0 Å². The van der Waals surface area contributed by atoms with Gasteiger partial charge in [-0.05, 0) is 37.5 Å². The second kappa shape index (κ2) is 23.7. The highest BCUT2D eigenvalue weighted by molar-refractivity contribution is 7.47. The Morgan fingerprint density at radius 1 is 0.667 bits per heavy atom. The molecule has 1 N–H and O–H groups in total. The largest absolute Gasteiger partial charge is 0.472 e. The molecule has 30 heavy (non-hydrogen) atoms. The van der Waals surface area contributed by atoms with E-state index in [4.69, 9.17) is 13.8 Å². The van der Waals surface area contributed by atoms with Gasteiger partial charge in [-0.1, -0.05) is 92.9 Å². The molecule has 0 aliphatic rings. The van der Waals surface area contributed by atoms with Crippen LogP contribution >= 0.6 is 7.82 Å². The van der Waals surface area contributed by atoms with E-state index < -0.39 is 7.82 Å². The molecule has 184 valence electrons. The molecule has 0 saturated carbocycles. The molecule has 0 aromatic heterocycles. The molecule has 0 spiro atoms. The third kappa shape index (κ3) is 22.7. The van der Waals surface area contributed by atoms with Crippen LogP contribution in [0.3, 0.4) is 0 Å². The average molecular weight is 453 g/mol. The number of ether oxygens (including phenoxy) is 1. The van der Waals surface area contributed by atoms with Crippen molar-refractivity contribution in [2.45, 2.75) is 119 Å². The highest BCUT2D eigenvalue weighted by atomic mass is 31.2. The van der Waals surface area contributed by atoms with Crippen molar-refractivity contribution in [3.63, 3.8) is 0 Å². The summed E-state index contributed by atoms with van der Waals surface area (Å²) in [6.45, 7) is 15.4. The van der Waals surface area contributed by atoms with Crippen LogP contribution in [0.25, 0.3) is 0 Å². The summed E-state index contributed by atoms with van der Waals surface area (Å²) in [5.41, 5.74) is 0. The van der Waals surface area contributed by atoms with Gasteiger partial charge in [-0.2, -0.15) is 0 Å². The van der Waals surface area contributed by atoms with E-state index in [9.17, 15) is 9.46 Å². The Kier molecular flexibility index (Phi) is 25.5. The van der Waals surface area contributed by atoms with E-state index in [2.05, 4.69) is 41.5 Å². The van der Waals surface area contributed by atoms with Crippen molar-refractivity contribution in [2.75, 3.05) is 26.4 Å². The number of hydrogen-bond donors (Lipinski definition) is 1. The van der Waals surface area contributed by atoms with Crippen LogP contribution in [-0.2, 0) is 18.3 Å². The van der Waals surface area contributed by atoms with E-state index in [-0.39, 0.29) is 0 Å². The van der Waals surface area contributed by atoms with Crippen LogP contribution in [0.15, 0.2) is 0 Å². The molecule has 0 aromatic rings. The first-order chi connectivity index (χ1) is 14.4. The molecule has 0 fully saturated rings. The van der Waals surface area contributed by atoms with E-state index in [0.29, 0.717) is 25.0 Å². The van der Waals surface area contributed by atoms with E-state index >= 15 is 0 Å². The monoisotopic (exact) mass is 452 g/mol. The minimum Gasteiger partial charge on any atom is -0.381 e. The first kappa shape index (κ1) is 32.3. The predicted octanol–water partition coefficient (Wildman–Crippen LogP) is 8.16. The Hall–Kier alpha value is 0.0700. The summed E-state index contributed by atoms with van der Waals surface area (Å²) in [6, 6.07) is 0. The lowest BCUT2D eigenvalue weighted by molar-refractivity contribution is 0.110. The number of hydrogen-bond acceptors (Lipinski definition) is 4. The number of unbranched alkanes of at least 4 members (excludes halogenated alkanes) is 4. The van der Waals surface area contributed by atoms with Crippen molar-refractivity contribution < 1.29 is 23.2 Å². The van der Waals surface area contributed by atoms with Gasteiger partial charge in [-0.25, -0.2) is 4.57 Å². The summed E-state index contributed by atoms with van der Waals surface area (Å²) in [6.07, 6.45) is 13.5. The lowest BCUT2D eigenvalue weighted by Crippen LogP contribution is -2.12. The molecule has 2 atom stereocenters. The van der Waals surface area contributed by atoms with E-state index in [1.807, 2.05) is 0 Å². The summed E-state index contributed by atoms with van der Waals surface area (Å²) in [5.74, 6) is 0.687. The summed E-state index contributed by atoms with van der Waals surface area (Å²) < 4.78 is 27.6. The predicted molar refractivity (Wildman–Crippen MR) is 129 cm³/mol. The summed E-state index contributed by atoms with van der Waals surface area (Å²) in [5, 5.41) is 0. The fourth-order valence-electron chi connectivity index (χ4n) is 2.83. The zero-order valence-electron chi connectivity index (χ0n) is 21.0. The van der Waals surface area contributed by atoms with Crippen LogP contribution in [0, 0.1) is 11.8 Å². The van der Waals surface area contributed by atoms with Gasteiger partial charge in [0.2, 0.25) is 0 Å². The Balaban J connectivity index is 0. The van der Waals surface area contributed by atoms with Crippen molar-refractivity contribution in [3.8, 4) is 0 Å². The van der Waals surface area contributed by atoms with Gasteiger partial charge in [-0.3, -0.25) is 9.05 Å². The van der Waals surface area contributed by atoms with Crippen molar-refractivity contribution in [1.82, 2.24) is 0 Å². The first-order valence-electron chi connectivity index (χ1n) is 12.6. The summed E-state index contributed by atoms with van der Waals surface area (Å²) >= 11 is 0. The van der Waals surface area contributed by atoms with Gasteiger partial charge in [0.15, 0.2) is 0 Å². The molecule has 0 aliphatic carbocycles. The van der Waals surface area contributed by atoms with Crippen LogP contribution in [-0.4, -0.2) is 31.3 Å². The van der Waals surface area contributed by atoms with Gasteiger partial charge in [0.05, 0.1) is 13.2 Å². The maximum atomic E-state index is 11.9. The molecule has 0 saturated heterocycles. The molecule has 0 amide bonds. The van der Waals surface area contributed by atoms with Crippen molar-refractivity contribution in [3.05, 3.63) is 0 Å². The molecule has 0 radical (unpaired) electrons. The minimum atomic E-state index is -3.89. The van der Waals surface area contributed by atoms with Crippen molar-refractivity contribution in [2.24, 2.45) is 11.8 Å². The number of rotatable bonds is 20. The lowest BCUT2D eigenvalue weighted by Gasteiger charge is -2.20. The molecule has 0 aliphatic heterocycles. The maximum Gasteiger partial charge on any atom is 0.472 e. The number of phosphoric acid groups is 1. The molecule has 6 heteroatoms. The van der Waals surface area contributed by atoms with Gasteiger partial charge in [0.1, 0.15) is 0 Å². The van der Waals surface area contributed by atoms with Crippen LogP contribution in [0.2, 0.25) is 0 Å². The SMILES string of the molecule is CCCCC(CC)COP(=O)(O)OCC(CC)CCCC.CCCCOCCCC. The highest BCUT2D eigenvalue weighted by Gasteiger charge is 2.24. The lowest BCUT2D eigenvalue weighted by atomic mass is 10.0. The molecule has 0 heterocycles. The van der Waals surface area contributed by atoms with Gasteiger partial charge in [0.25, 0.3) is 0 Å².